The Bertz CT molecular complexity index is 307. The summed E-state index contributed by atoms with van der Waals surface area (Å²) in [7, 11) is 0. The molecule has 2 heterocycles. The van der Waals surface area contributed by atoms with Gasteiger partial charge >= 0.3 is 0 Å². The lowest BCUT2D eigenvalue weighted by atomic mass is 9.60. The molecule has 0 aromatic heterocycles. The van der Waals surface area contributed by atoms with Gasteiger partial charge in [-0.05, 0) is 61.7 Å². The highest BCUT2D eigenvalue weighted by atomic mass is 16.5. The van der Waals surface area contributed by atoms with Gasteiger partial charge in [-0.2, -0.15) is 0 Å². The zero-order valence-electron chi connectivity index (χ0n) is 15.2. The number of ether oxygens (including phenoxy) is 2. The van der Waals surface area contributed by atoms with E-state index < -0.39 is 0 Å². The first-order valence-corrected chi connectivity index (χ1v) is 8.93. The molecule has 6 atom stereocenters. The Labute approximate surface area is 132 Å². The van der Waals surface area contributed by atoms with E-state index in [9.17, 15) is 0 Å². The Morgan fingerprint density at radius 3 is 1.48 bits per heavy atom. The summed E-state index contributed by atoms with van der Waals surface area (Å²) in [6, 6.07) is 0. The molecule has 6 unspecified atom stereocenters. The first-order chi connectivity index (χ1) is 9.70. The molecule has 2 aliphatic heterocycles. The number of hydrogen-bond acceptors (Lipinski definition) is 2. The van der Waals surface area contributed by atoms with Gasteiger partial charge in [0.2, 0.25) is 0 Å². The van der Waals surface area contributed by atoms with Crippen molar-refractivity contribution in [2.24, 2.45) is 35.0 Å². The Hall–Kier alpha value is -0.0800. The second-order valence-corrected chi connectivity index (χ2v) is 8.98. The van der Waals surface area contributed by atoms with Crippen LogP contribution in [0.2, 0.25) is 0 Å². The molecule has 0 aromatic carbocycles. The van der Waals surface area contributed by atoms with Crippen molar-refractivity contribution in [3.63, 3.8) is 0 Å². The lowest BCUT2D eigenvalue weighted by Crippen LogP contribution is -2.49. The average Bonchev–Trinajstić information content (AvgIpc) is 2.36. The molecule has 2 saturated heterocycles. The van der Waals surface area contributed by atoms with Crippen molar-refractivity contribution in [2.45, 2.75) is 73.5 Å². The maximum atomic E-state index is 6.09. The third kappa shape index (κ3) is 4.01. The molecule has 2 heteroatoms. The second kappa shape index (κ2) is 6.58. The van der Waals surface area contributed by atoms with E-state index in [0.29, 0.717) is 47.2 Å². The van der Waals surface area contributed by atoms with Crippen molar-refractivity contribution in [1.82, 2.24) is 0 Å². The molecule has 21 heavy (non-hydrogen) atoms. The van der Waals surface area contributed by atoms with Crippen LogP contribution in [0.15, 0.2) is 0 Å². The molecule has 0 bridgehead atoms. The summed E-state index contributed by atoms with van der Waals surface area (Å²) in [4.78, 5) is 0. The van der Waals surface area contributed by atoms with E-state index in [0.717, 1.165) is 13.2 Å². The predicted molar refractivity (Wildman–Crippen MR) is 88.3 cm³/mol. The van der Waals surface area contributed by atoms with Gasteiger partial charge in [-0.25, -0.2) is 0 Å². The monoisotopic (exact) mass is 296 g/mol. The third-order valence-electron chi connectivity index (χ3n) is 5.76. The van der Waals surface area contributed by atoms with E-state index >= 15 is 0 Å². The molecule has 0 aromatic rings. The minimum atomic E-state index is 0.304. The third-order valence-corrected chi connectivity index (χ3v) is 5.76. The molecule has 2 rings (SSSR count). The molecule has 0 spiro atoms. The summed E-state index contributed by atoms with van der Waals surface area (Å²) in [5, 5.41) is 0. The Balaban J connectivity index is 2.25. The normalized spacial score (nSPS) is 43.6. The fourth-order valence-corrected chi connectivity index (χ4v) is 4.81. The van der Waals surface area contributed by atoms with Gasteiger partial charge in [-0.15, -0.1) is 0 Å². The smallest absolute Gasteiger partial charge is 0.0578 e. The van der Waals surface area contributed by atoms with Crippen LogP contribution in [0.25, 0.3) is 0 Å². The van der Waals surface area contributed by atoms with Gasteiger partial charge in [0.15, 0.2) is 0 Å². The average molecular weight is 296 g/mol. The van der Waals surface area contributed by atoms with Crippen LogP contribution in [0.1, 0.15) is 61.3 Å². The first kappa shape index (κ1) is 17.3. The highest BCUT2D eigenvalue weighted by molar-refractivity contribution is 4.94. The minimum absolute atomic E-state index is 0.304. The van der Waals surface area contributed by atoms with E-state index in [1.54, 1.807) is 0 Å². The standard InChI is InChI=1S/C19H36O2/c1-12-8-16(14(3)20-10-12)18(19(5,6)7)17-9-13(2)11-21-15(17)4/h12-18H,8-11H2,1-7H3. The molecule has 0 amide bonds. The van der Waals surface area contributed by atoms with Crippen LogP contribution in [0.4, 0.5) is 0 Å². The quantitative estimate of drug-likeness (QED) is 0.730. The Morgan fingerprint density at radius 1 is 0.762 bits per heavy atom. The molecule has 0 N–H and O–H groups in total. The van der Waals surface area contributed by atoms with Crippen molar-refractivity contribution in [3.8, 4) is 0 Å². The number of rotatable bonds is 2. The van der Waals surface area contributed by atoms with Gasteiger partial charge in [0.25, 0.3) is 0 Å². The van der Waals surface area contributed by atoms with Gasteiger partial charge in [0.05, 0.1) is 12.2 Å². The van der Waals surface area contributed by atoms with E-state index in [4.69, 9.17) is 9.47 Å². The van der Waals surface area contributed by atoms with Crippen molar-refractivity contribution in [2.75, 3.05) is 13.2 Å². The molecule has 0 aliphatic carbocycles. The SMILES string of the molecule is CC1COC(C)C(C(C2CC(C)COC2C)C(C)(C)C)C1. The summed E-state index contributed by atoms with van der Waals surface area (Å²) in [5.74, 6) is 3.37. The molecule has 124 valence electrons. The van der Waals surface area contributed by atoms with Gasteiger partial charge in [-0.3, -0.25) is 0 Å². The van der Waals surface area contributed by atoms with Crippen LogP contribution in [0.5, 0.6) is 0 Å². The van der Waals surface area contributed by atoms with Crippen molar-refractivity contribution in [3.05, 3.63) is 0 Å². The topological polar surface area (TPSA) is 18.5 Å². The summed E-state index contributed by atoms with van der Waals surface area (Å²) in [6.07, 6.45) is 3.38. The fraction of sp³-hybridized carbons (Fsp3) is 1.00. The molecule has 2 fully saturated rings. The first-order valence-electron chi connectivity index (χ1n) is 8.93. The van der Waals surface area contributed by atoms with Gasteiger partial charge < -0.3 is 9.47 Å². The molecule has 0 saturated carbocycles. The lowest BCUT2D eigenvalue weighted by Gasteiger charge is -2.50. The van der Waals surface area contributed by atoms with Crippen LogP contribution in [-0.4, -0.2) is 25.4 Å². The highest BCUT2D eigenvalue weighted by Gasteiger charge is 2.46. The van der Waals surface area contributed by atoms with Crippen LogP contribution < -0.4 is 0 Å². The summed E-state index contributed by atoms with van der Waals surface area (Å²) >= 11 is 0. The molecule has 0 radical (unpaired) electrons. The van der Waals surface area contributed by atoms with Gasteiger partial charge in [0, 0.05) is 13.2 Å². The fourth-order valence-electron chi connectivity index (χ4n) is 4.81. The van der Waals surface area contributed by atoms with Crippen LogP contribution in [0, 0.1) is 35.0 Å². The second-order valence-electron chi connectivity index (χ2n) is 8.98. The number of hydrogen-bond donors (Lipinski definition) is 0. The molecule has 2 nitrogen and oxygen atoms in total. The minimum Gasteiger partial charge on any atom is -0.378 e. The lowest BCUT2D eigenvalue weighted by molar-refractivity contribution is -0.134. The molecule has 2 aliphatic rings. The Morgan fingerprint density at radius 2 is 1.14 bits per heavy atom. The predicted octanol–water partition coefficient (Wildman–Crippen LogP) is 4.77. The van der Waals surface area contributed by atoms with Crippen molar-refractivity contribution >= 4 is 0 Å². The summed E-state index contributed by atoms with van der Waals surface area (Å²) < 4.78 is 12.2. The molecular weight excluding hydrogens is 260 g/mol. The largest absolute Gasteiger partial charge is 0.378 e. The van der Waals surface area contributed by atoms with Crippen LogP contribution >= 0.6 is 0 Å². The summed E-state index contributed by atoms with van der Waals surface area (Å²) in [6.45, 7) is 18.3. The van der Waals surface area contributed by atoms with E-state index in [-0.39, 0.29) is 0 Å². The van der Waals surface area contributed by atoms with Crippen molar-refractivity contribution < 1.29 is 9.47 Å². The van der Waals surface area contributed by atoms with E-state index in [1.807, 2.05) is 0 Å². The Kier molecular flexibility index (Phi) is 5.41. The summed E-state index contributed by atoms with van der Waals surface area (Å²) in [5.41, 5.74) is 0.304. The highest BCUT2D eigenvalue weighted by Crippen LogP contribution is 2.48. The van der Waals surface area contributed by atoms with Crippen molar-refractivity contribution in [1.29, 1.82) is 0 Å². The zero-order valence-corrected chi connectivity index (χ0v) is 15.2. The maximum Gasteiger partial charge on any atom is 0.0578 e. The van der Waals surface area contributed by atoms with E-state index in [2.05, 4.69) is 48.5 Å². The maximum absolute atomic E-state index is 6.09. The van der Waals surface area contributed by atoms with E-state index in [1.165, 1.54) is 12.8 Å². The zero-order chi connectivity index (χ0) is 15.8. The van der Waals surface area contributed by atoms with Crippen LogP contribution in [-0.2, 0) is 9.47 Å². The van der Waals surface area contributed by atoms with Gasteiger partial charge in [0.1, 0.15) is 0 Å². The molecular formula is C19H36O2. The van der Waals surface area contributed by atoms with Crippen LogP contribution in [0.3, 0.4) is 0 Å². The van der Waals surface area contributed by atoms with Gasteiger partial charge in [-0.1, -0.05) is 34.6 Å².